The molecule has 20 heavy (non-hydrogen) atoms. The molecule has 1 aromatic rings. The topological polar surface area (TPSA) is 21.8 Å². The van der Waals surface area contributed by atoms with Crippen LogP contribution in [0.4, 0.5) is 0 Å². The molecule has 1 aromatic carbocycles. The molecule has 2 rings (SSSR count). The third-order valence-corrected chi connectivity index (χ3v) is 3.68. The summed E-state index contributed by atoms with van der Waals surface area (Å²) in [7, 11) is 0. The molecule has 0 N–H and O–H groups in total. The first-order chi connectivity index (χ1) is 9.72. The van der Waals surface area contributed by atoms with Crippen molar-refractivity contribution in [2.75, 3.05) is 13.2 Å². The van der Waals surface area contributed by atoms with Crippen molar-refractivity contribution in [1.82, 2.24) is 0 Å². The van der Waals surface area contributed by atoms with Crippen molar-refractivity contribution in [3.63, 3.8) is 0 Å². The Hall–Kier alpha value is -1.28. The molecule has 0 aliphatic carbocycles. The fourth-order valence-corrected chi connectivity index (χ4v) is 2.13. The van der Waals surface area contributed by atoms with Crippen LogP contribution in [0.1, 0.15) is 45.1 Å². The molecule has 1 saturated heterocycles. The minimum atomic E-state index is -0.0361. The van der Waals surface area contributed by atoms with Crippen LogP contribution in [0.3, 0.4) is 0 Å². The Bertz CT molecular complexity index is 416. The van der Waals surface area contributed by atoms with E-state index in [-0.39, 0.29) is 5.60 Å². The van der Waals surface area contributed by atoms with Gasteiger partial charge < -0.3 is 9.47 Å². The summed E-state index contributed by atoms with van der Waals surface area (Å²) in [6.07, 6.45) is 10.6. The summed E-state index contributed by atoms with van der Waals surface area (Å²) in [5, 5.41) is 0. The van der Waals surface area contributed by atoms with Crippen LogP contribution in [-0.4, -0.2) is 18.8 Å². The molecule has 1 fully saturated rings. The van der Waals surface area contributed by atoms with Crippen molar-refractivity contribution in [2.24, 2.45) is 0 Å². The van der Waals surface area contributed by atoms with Gasteiger partial charge in [-0.15, -0.1) is 0 Å². The molecular weight excluding hydrogens is 248 g/mol. The monoisotopic (exact) mass is 274 g/mol. The fraction of sp³-hybridized carbons (Fsp3) is 0.556. The minimum Gasteiger partial charge on any atom is -0.491 e. The second-order valence-electron chi connectivity index (χ2n) is 5.84. The van der Waals surface area contributed by atoms with Gasteiger partial charge >= 0.3 is 0 Å². The Labute approximate surface area is 122 Å². The lowest BCUT2D eigenvalue weighted by Crippen LogP contribution is -2.16. The van der Waals surface area contributed by atoms with E-state index < -0.39 is 0 Å². The van der Waals surface area contributed by atoms with Gasteiger partial charge in [-0.3, -0.25) is 0 Å². The number of hydrogen-bond donors (Lipinski definition) is 0. The first kappa shape index (κ1) is 15.1. The van der Waals surface area contributed by atoms with E-state index in [1.807, 2.05) is 0 Å². The molecule has 1 heterocycles. The zero-order valence-electron chi connectivity index (χ0n) is 12.7. The lowest BCUT2D eigenvalue weighted by atomic mass is 10.1. The van der Waals surface area contributed by atoms with Crippen molar-refractivity contribution in [3.8, 4) is 5.75 Å². The Balaban J connectivity index is 1.63. The van der Waals surface area contributed by atoms with Crippen LogP contribution in [0.5, 0.6) is 5.75 Å². The molecular formula is C18H26O2. The first-order valence-electron chi connectivity index (χ1n) is 7.69. The van der Waals surface area contributed by atoms with Gasteiger partial charge in [-0.05, 0) is 57.2 Å². The number of benzene rings is 1. The van der Waals surface area contributed by atoms with Crippen molar-refractivity contribution < 1.29 is 9.47 Å². The predicted octanol–water partition coefficient (Wildman–Crippen LogP) is 4.53. The minimum absolute atomic E-state index is 0.0361. The molecule has 2 nitrogen and oxygen atoms in total. The number of aryl methyl sites for hydroxylation is 1. The Morgan fingerprint density at radius 1 is 1.20 bits per heavy atom. The lowest BCUT2D eigenvalue weighted by molar-refractivity contribution is 0.202. The normalized spacial score (nSPS) is 21.3. The maximum atomic E-state index is 5.73. The van der Waals surface area contributed by atoms with Gasteiger partial charge in [-0.2, -0.15) is 0 Å². The molecule has 1 aliphatic heterocycles. The summed E-state index contributed by atoms with van der Waals surface area (Å²) in [4.78, 5) is 0. The van der Waals surface area contributed by atoms with Crippen LogP contribution < -0.4 is 4.74 Å². The summed E-state index contributed by atoms with van der Waals surface area (Å²) in [6.45, 7) is 5.63. The van der Waals surface area contributed by atoms with E-state index >= 15 is 0 Å². The van der Waals surface area contributed by atoms with Gasteiger partial charge in [0.25, 0.3) is 0 Å². The SMILES string of the molecule is C/C=C/CCCCCc1ccc(OCC2(C)CO2)cc1. The van der Waals surface area contributed by atoms with Gasteiger partial charge in [0.15, 0.2) is 0 Å². The summed E-state index contributed by atoms with van der Waals surface area (Å²) in [5.74, 6) is 0.943. The average Bonchev–Trinajstić information content (AvgIpc) is 3.20. The molecule has 0 spiro atoms. The van der Waals surface area contributed by atoms with E-state index in [0.29, 0.717) is 6.61 Å². The van der Waals surface area contributed by atoms with Crippen molar-refractivity contribution in [2.45, 2.75) is 51.6 Å². The number of rotatable bonds is 9. The van der Waals surface area contributed by atoms with Gasteiger partial charge in [-0.1, -0.05) is 30.7 Å². The van der Waals surface area contributed by atoms with Crippen molar-refractivity contribution in [1.29, 1.82) is 0 Å². The maximum absolute atomic E-state index is 5.73. The highest BCUT2D eigenvalue weighted by atomic mass is 16.6. The van der Waals surface area contributed by atoms with Crippen LogP contribution in [-0.2, 0) is 11.2 Å². The highest BCUT2D eigenvalue weighted by Crippen LogP contribution is 2.27. The molecule has 0 amide bonds. The van der Waals surface area contributed by atoms with E-state index in [9.17, 15) is 0 Å². The van der Waals surface area contributed by atoms with Crippen molar-refractivity contribution >= 4 is 0 Å². The standard InChI is InChI=1S/C18H26O2/c1-3-4-5-6-7-8-9-16-10-12-17(13-11-16)19-14-18(2)15-20-18/h3-4,10-13H,5-9,14-15H2,1-2H3/b4-3+. The molecule has 1 aliphatic rings. The highest BCUT2D eigenvalue weighted by Gasteiger charge is 2.40. The molecule has 0 saturated carbocycles. The molecule has 0 radical (unpaired) electrons. The fourth-order valence-electron chi connectivity index (χ4n) is 2.13. The second-order valence-corrected chi connectivity index (χ2v) is 5.84. The Morgan fingerprint density at radius 3 is 2.60 bits per heavy atom. The van der Waals surface area contributed by atoms with Crippen LogP contribution in [0.15, 0.2) is 36.4 Å². The van der Waals surface area contributed by atoms with Crippen LogP contribution in [0, 0.1) is 0 Å². The lowest BCUT2D eigenvalue weighted by Gasteiger charge is -2.09. The van der Waals surface area contributed by atoms with Gasteiger partial charge in [-0.25, -0.2) is 0 Å². The molecule has 0 aromatic heterocycles. The number of unbranched alkanes of at least 4 members (excludes halogenated alkanes) is 3. The van der Waals surface area contributed by atoms with E-state index in [4.69, 9.17) is 9.47 Å². The summed E-state index contributed by atoms with van der Waals surface area (Å²) < 4.78 is 11.0. The van der Waals surface area contributed by atoms with Gasteiger partial charge in [0.1, 0.15) is 18.0 Å². The van der Waals surface area contributed by atoms with Gasteiger partial charge in [0, 0.05) is 0 Å². The van der Waals surface area contributed by atoms with E-state index in [1.165, 1.54) is 31.2 Å². The Kier molecular flexibility index (Phi) is 5.66. The smallest absolute Gasteiger partial charge is 0.123 e. The average molecular weight is 274 g/mol. The first-order valence-corrected chi connectivity index (χ1v) is 7.69. The molecule has 2 heteroatoms. The number of epoxide rings is 1. The maximum Gasteiger partial charge on any atom is 0.123 e. The van der Waals surface area contributed by atoms with E-state index in [1.54, 1.807) is 0 Å². The summed E-state index contributed by atoms with van der Waals surface area (Å²) in [5.41, 5.74) is 1.36. The van der Waals surface area contributed by atoms with Crippen LogP contribution in [0.2, 0.25) is 0 Å². The van der Waals surface area contributed by atoms with Crippen LogP contribution >= 0.6 is 0 Å². The molecule has 1 unspecified atom stereocenters. The zero-order chi connectivity index (χ0) is 14.3. The number of ether oxygens (including phenoxy) is 2. The third-order valence-electron chi connectivity index (χ3n) is 3.68. The van der Waals surface area contributed by atoms with Crippen LogP contribution in [0.25, 0.3) is 0 Å². The quantitative estimate of drug-likeness (QED) is 0.375. The van der Waals surface area contributed by atoms with Crippen molar-refractivity contribution in [3.05, 3.63) is 42.0 Å². The number of allylic oxidation sites excluding steroid dienone is 2. The third kappa shape index (κ3) is 5.38. The highest BCUT2D eigenvalue weighted by molar-refractivity contribution is 5.27. The summed E-state index contributed by atoms with van der Waals surface area (Å²) in [6, 6.07) is 8.50. The molecule has 110 valence electrons. The van der Waals surface area contributed by atoms with Gasteiger partial charge in [0.05, 0.1) is 6.61 Å². The van der Waals surface area contributed by atoms with E-state index in [2.05, 4.69) is 50.3 Å². The summed E-state index contributed by atoms with van der Waals surface area (Å²) >= 11 is 0. The number of hydrogen-bond acceptors (Lipinski definition) is 2. The van der Waals surface area contributed by atoms with Gasteiger partial charge in [0.2, 0.25) is 0 Å². The van der Waals surface area contributed by atoms with E-state index in [0.717, 1.165) is 18.8 Å². The molecule has 0 bridgehead atoms. The predicted molar refractivity (Wildman–Crippen MR) is 83.3 cm³/mol. The second kappa shape index (κ2) is 7.49. The zero-order valence-corrected chi connectivity index (χ0v) is 12.7. The Morgan fingerprint density at radius 2 is 1.95 bits per heavy atom. The largest absolute Gasteiger partial charge is 0.491 e. The molecule has 1 atom stereocenters.